The lowest BCUT2D eigenvalue weighted by molar-refractivity contribution is -0.123. The van der Waals surface area contributed by atoms with Gasteiger partial charge in [0, 0.05) is 23.0 Å². The predicted molar refractivity (Wildman–Crippen MR) is 108 cm³/mol. The zero-order valence-electron chi connectivity index (χ0n) is 15.7. The zero-order chi connectivity index (χ0) is 19.7. The number of benzene rings is 1. The van der Waals surface area contributed by atoms with Gasteiger partial charge in [-0.1, -0.05) is 37.1 Å². The number of hydrogen-bond donors (Lipinski definition) is 1. The van der Waals surface area contributed by atoms with Gasteiger partial charge in [-0.3, -0.25) is 9.59 Å². The number of nitrogens with two attached hydrogens (primary N) is 1. The number of ketones is 1. The summed E-state index contributed by atoms with van der Waals surface area (Å²) in [6.07, 6.45) is 5.11. The van der Waals surface area contributed by atoms with Crippen molar-refractivity contribution in [2.45, 2.75) is 32.6 Å². The van der Waals surface area contributed by atoms with Crippen molar-refractivity contribution in [2.24, 2.45) is 17.6 Å². The van der Waals surface area contributed by atoms with E-state index in [1.165, 1.54) is 11.5 Å². The molecule has 0 bridgehead atoms. The van der Waals surface area contributed by atoms with Gasteiger partial charge < -0.3 is 5.73 Å². The molecule has 4 rings (SSSR count). The Kier molecular flexibility index (Phi) is 5.09. The van der Waals surface area contributed by atoms with E-state index < -0.39 is 0 Å². The quantitative estimate of drug-likeness (QED) is 0.667. The van der Waals surface area contributed by atoms with Crippen molar-refractivity contribution in [2.75, 3.05) is 0 Å². The van der Waals surface area contributed by atoms with Crippen LogP contribution in [-0.4, -0.2) is 25.8 Å². The van der Waals surface area contributed by atoms with Gasteiger partial charge in [-0.05, 0) is 43.4 Å². The van der Waals surface area contributed by atoms with E-state index in [9.17, 15) is 9.59 Å². The third kappa shape index (κ3) is 3.49. The zero-order valence-corrected chi connectivity index (χ0v) is 16.5. The Morgan fingerprint density at radius 1 is 1.11 bits per heavy atom. The summed E-state index contributed by atoms with van der Waals surface area (Å²) in [5.41, 5.74) is 9.02. The molecule has 28 heavy (non-hydrogen) atoms. The number of hydrogen-bond acceptors (Lipinski definition) is 5. The van der Waals surface area contributed by atoms with Crippen LogP contribution in [0.4, 0.5) is 0 Å². The van der Waals surface area contributed by atoms with Crippen molar-refractivity contribution in [1.29, 1.82) is 0 Å². The summed E-state index contributed by atoms with van der Waals surface area (Å²) >= 11 is 1.40. The van der Waals surface area contributed by atoms with Crippen molar-refractivity contribution in [1.82, 2.24) is 14.2 Å². The molecule has 0 spiro atoms. The summed E-state index contributed by atoms with van der Waals surface area (Å²) in [6.45, 7) is 1.95. The summed E-state index contributed by atoms with van der Waals surface area (Å²) < 4.78 is 6.17. The first-order chi connectivity index (χ1) is 13.5. The van der Waals surface area contributed by atoms with Crippen molar-refractivity contribution >= 4 is 23.2 Å². The second kappa shape index (κ2) is 7.67. The van der Waals surface area contributed by atoms with Crippen molar-refractivity contribution in [3.05, 3.63) is 53.9 Å². The molecule has 2 atom stereocenters. The monoisotopic (exact) mass is 394 g/mol. The fourth-order valence-electron chi connectivity index (χ4n) is 3.95. The Balaban J connectivity index is 1.59. The molecule has 0 radical (unpaired) electrons. The van der Waals surface area contributed by atoms with Gasteiger partial charge in [-0.15, -0.1) is 0 Å². The van der Waals surface area contributed by atoms with Gasteiger partial charge in [0.25, 0.3) is 0 Å². The van der Waals surface area contributed by atoms with Crippen LogP contribution in [0, 0.1) is 18.8 Å². The van der Waals surface area contributed by atoms with E-state index in [-0.39, 0.29) is 23.5 Å². The number of carbonyl (C=O) groups is 2. The molecule has 2 heterocycles. The fourth-order valence-corrected chi connectivity index (χ4v) is 4.69. The van der Waals surface area contributed by atoms with Crippen LogP contribution < -0.4 is 5.73 Å². The largest absolute Gasteiger partial charge is 0.369 e. The van der Waals surface area contributed by atoms with Gasteiger partial charge in [0.05, 0.1) is 17.6 Å². The van der Waals surface area contributed by atoms with E-state index in [1.54, 1.807) is 6.20 Å². The van der Waals surface area contributed by atoms with Crippen LogP contribution in [0.5, 0.6) is 0 Å². The molecule has 1 aromatic carbocycles. The summed E-state index contributed by atoms with van der Waals surface area (Å²) in [7, 11) is 0. The molecule has 144 valence electrons. The van der Waals surface area contributed by atoms with Crippen molar-refractivity contribution in [3.63, 3.8) is 0 Å². The van der Waals surface area contributed by atoms with Crippen molar-refractivity contribution in [3.8, 4) is 16.3 Å². The van der Waals surface area contributed by atoms with E-state index in [1.807, 2.05) is 48.0 Å². The number of aromatic nitrogens is 3. The first-order valence-corrected chi connectivity index (χ1v) is 10.2. The standard InChI is InChI=1S/C21H22N4O2S/c1-13-12-19(28-24-13)25-18(10-11-23-25)14-6-8-15(9-7-14)20(26)16-4-2-3-5-17(16)21(22)27/h6-12,16-17H,2-5H2,1H3,(H2,22,27). The fraction of sp³-hybridized carbons (Fsp3) is 0.333. The number of nitrogens with zero attached hydrogens (tertiary/aromatic N) is 3. The van der Waals surface area contributed by atoms with Crippen molar-refractivity contribution < 1.29 is 9.59 Å². The smallest absolute Gasteiger partial charge is 0.221 e. The number of amides is 1. The highest BCUT2D eigenvalue weighted by Crippen LogP contribution is 2.33. The number of rotatable bonds is 5. The molecule has 0 saturated heterocycles. The molecule has 1 aliphatic rings. The third-order valence-electron chi connectivity index (χ3n) is 5.40. The van der Waals surface area contributed by atoms with Gasteiger partial charge in [0.2, 0.25) is 5.91 Å². The molecule has 6 nitrogen and oxygen atoms in total. The third-order valence-corrected chi connectivity index (χ3v) is 6.26. The highest BCUT2D eigenvalue weighted by Gasteiger charge is 2.34. The minimum absolute atomic E-state index is 0.0154. The molecule has 2 N–H and O–H groups in total. The Hall–Kier alpha value is -2.80. The molecule has 2 aromatic heterocycles. The predicted octanol–water partition coefficient (Wildman–Crippen LogP) is 3.78. The van der Waals surface area contributed by atoms with Gasteiger partial charge in [-0.2, -0.15) is 9.47 Å². The average molecular weight is 395 g/mol. The van der Waals surface area contributed by atoms with Gasteiger partial charge in [-0.25, -0.2) is 4.68 Å². The molecule has 2 unspecified atom stereocenters. The summed E-state index contributed by atoms with van der Waals surface area (Å²) in [5, 5.41) is 5.35. The minimum atomic E-state index is -0.363. The molecule has 1 aliphatic carbocycles. The van der Waals surface area contributed by atoms with E-state index in [4.69, 9.17) is 5.73 Å². The normalized spacial score (nSPS) is 19.5. The first kappa shape index (κ1) is 18.6. The highest BCUT2D eigenvalue weighted by atomic mass is 32.1. The lowest BCUT2D eigenvalue weighted by Gasteiger charge is -2.28. The summed E-state index contributed by atoms with van der Waals surface area (Å²) in [4.78, 5) is 24.7. The summed E-state index contributed by atoms with van der Waals surface area (Å²) in [5.74, 6) is -1.00. The minimum Gasteiger partial charge on any atom is -0.369 e. The maximum absolute atomic E-state index is 13.0. The van der Waals surface area contributed by atoms with E-state index in [0.29, 0.717) is 12.0 Å². The maximum atomic E-state index is 13.0. The lowest BCUT2D eigenvalue weighted by Crippen LogP contribution is -2.36. The second-order valence-electron chi connectivity index (χ2n) is 7.28. The lowest BCUT2D eigenvalue weighted by atomic mass is 9.75. The maximum Gasteiger partial charge on any atom is 0.221 e. The van der Waals surface area contributed by atoms with Crippen LogP contribution in [0.15, 0.2) is 42.6 Å². The van der Waals surface area contributed by atoms with E-state index in [0.717, 1.165) is 41.2 Å². The molecular formula is C21H22N4O2S. The topological polar surface area (TPSA) is 90.9 Å². The van der Waals surface area contributed by atoms with E-state index >= 15 is 0 Å². The SMILES string of the molecule is Cc1cc(-n2nccc2-c2ccc(C(=O)C3CCCCC3C(N)=O)cc2)sn1. The van der Waals surface area contributed by atoms with Gasteiger partial charge in [0.1, 0.15) is 5.00 Å². The molecule has 3 aromatic rings. The van der Waals surface area contributed by atoms with Gasteiger partial charge >= 0.3 is 0 Å². The molecule has 1 fully saturated rings. The highest BCUT2D eigenvalue weighted by molar-refractivity contribution is 7.08. The Labute approximate surface area is 167 Å². The molecule has 0 aliphatic heterocycles. The first-order valence-electron chi connectivity index (χ1n) is 9.46. The second-order valence-corrected chi connectivity index (χ2v) is 8.06. The molecule has 1 amide bonds. The van der Waals surface area contributed by atoms with Crippen LogP contribution in [0.2, 0.25) is 0 Å². The van der Waals surface area contributed by atoms with Crippen LogP contribution in [0.25, 0.3) is 16.3 Å². The Morgan fingerprint density at radius 2 is 1.82 bits per heavy atom. The Bertz CT molecular complexity index is 1010. The van der Waals surface area contributed by atoms with Crippen LogP contribution >= 0.6 is 11.5 Å². The molecular weight excluding hydrogens is 372 g/mol. The number of carbonyl (C=O) groups excluding carboxylic acids is 2. The average Bonchev–Trinajstić information content (AvgIpc) is 3.36. The summed E-state index contributed by atoms with van der Waals surface area (Å²) in [6, 6.07) is 11.5. The Morgan fingerprint density at radius 3 is 2.46 bits per heavy atom. The number of primary amides is 1. The van der Waals surface area contributed by atoms with E-state index in [2.05, 4.69) is 9.47 Å². The number of aryl methyl sites for hydroxylation is 1. The van der Waals surface area contributed by atoms with Crippen LogP contribution in [0.3, 0.4) is 0 Å². The molecule has 7 heteroatoms. The van der Waals surface area contributed by atoms with Crippen LogP contribution in [0.1, 0.15) is 41.7 Å². The van der Waals surface area contributed by atoms with Gasteiger partial charge in [0.15, 0.2) is 5.78 Å². The molecule has 1 saturated carbocycles. The van der Waals surface area contributed by atoms with Crippen LogP contribution in [-0.2, 0) is 4.79 Å². The number of Topliss-reactive ketones (excluding diaryl/α,β-unsaturated/α-hetero) is 1.